The number of carbonyl (C=O) groups is 1. The Bertz CT molecular complexity index is 688. The van der Waals surface area contributed by atoms with Crippen LogP contribution in [0.15, 0.2) is 17.1 Å². The second-order valence-corrected chi connectivity index (χ2v) is 7.98. The van der Waals surface area contributed by atoms with Crippen molar-refractivity contribution in [3.8, 4) is 0 Å². The highest BCUT2D eigenvalue weighted by Crippen LogP contribution is 2.33. The summed E-state index contributed by atoms with van der Waals surface area (Å²) in [5, 5.41) is 9.49. The molecule has 8 heteroatoms. The molecule has 0 aromatic carbocycles. The number of hydrogen-bond donors (Lipinski definition) is 1. The molecule has 0 fully saturated rings. The van der Waals surface area contributed by atoms with Crippen LogP contribution in [0.4, 0.5) is 13.2 Å². The summed E-state index contributed by atoms with van der Waals surface area (Å²) in [4.78, 5) is 25.7. The van der Waals surface area contributed by atoms with E-state index in [-0.39, 0.29) is 18.4 Å². The van der Waals surface area contributed by atoms with Gasteiger partial charge in [-0.1, -0.05) is 20.8 Å². The first kappa shape index (κ1) is 22.2. The van der Waals surface area contributed by atoms with E-state index in [1.165, 1.54) is 0 Å². The van der Waals surface area contributed by atoms with Crippen LogP contribution in [0, 0.1) is 5.41 Å². The lowest BCUT2D eigenvalue weighted by Gasteiger charge is -2.26. The molecule has 1 unspecified atom stereocenters. The number of alkyl halides is 3. The maximum Gasteiger partial charge on any atom is 0.416 e. The zero-order valence-corrected chi connectivity index (χ0v) is 15.9. The molecule has 0 aliphatic carbocycles. The van der Waals surface area contributed by atoms with Gasteiger partial charge in [0.05, 0.1) is 5.56 Å². The van der Waals surface area contributed by atoms with Crippen molar-refractivity contribution in [2.45, 2.75) is 52.3 Å². The standard InChI is InChI=1S/C18H27F3N2O3/c1-17(2,3)10-14(16(25)26)23-11-12(7-6-8-22(4)5)13(9-15(23)24)18(19,20)21/h9,11,14H,6-8,10H2,1-5H3,(H,25,26). The van der Waals surface area contributed by atoms with Crippen molar-refractivity contribution >= 4 is 5.97 Å². The fraction of sp³-hybridized carbons (Fsp3) is 0.667. The van der Waals surface area contributed by atoms with Crippen LogP contribution in [0.5, 0.6) is 0 Å². The average molecular weight is 376 g/mol. The highest BCUT2D eigenvalue weighted by Gasteiger charge is 2.35. The molecular weight excluding hydrogens is 349 g/mol. The first-order chi connectivity index (χ1) is 11.7. The minimum atomic E-state index is -4.66. The number of nitrogens with zero attached hydrogens (tertiary/aromatic N) is 2. The summed E-state index contributed by atoms with van der Waals surface area (Å²) in [6.07, 6.45) is -2.88. The fourth-order valence-corrected chi connectivity index (χ4v) is 2.77. The first-order valence-corrected chi connectivity index (χ1v) is 8.42. The number of carboxylic acids is 1. The largest absolute Gasteiger partial charge is 0.480 e. The van der Waals surface area contributed by atoms with Gasteiger partial charge in [-0.05, 0) is 50.9 Å². The molecular formula is C18H27F3N2O3. The van der Waals surface area contributed by atoms with E-state index < -0.39 is 34.7 Å². The van der Waals surface area contributed by atoms with Crippen LogP contribution in [-0.4, -0.2) is 41.2 Å². The highest BCUT2D eigenvalue weighted by molar-refractivity contribution is 5.72. The van der Waals surface area contributed by atoms with Crippen LogP contribution in [0.1, 0.15) is 50.8 Å². The number of carboxylic acid groups (broad SMARTS) is 1. The summed E-state index contributed by atoms with van der Waals surface area (Å²) in [7, 11) is 3.63. The van der Waals surface area contributed by atoms with Crippen molar-refractivity contribution in [3.63, 3.8) is 0 Å². The van der Waals surface area contributed by atoms with Gasteiger partial charge in [-0.2, -0.15) is 13.2 Å². The van der Waals surface area contributed by atoms with Crippen LogP contribution in [0.25, 0.3) is 0 Å². The Balaban J connectivity index is 3.40. The van der Waals surface area contributed by atoms with E-state index in [0.29, 0.717) is 19.0 Å². The Morgan fingerprint density at radius 1 is 1.27 bits per heavy atom. The summed E-state index contributed by atoms with van der Waals surface area (Å²) in [5.41, 5.74) is -2.40. The predicted octanol–water partition coefficient (Wildman–Crippen LogP) is 3.42. The molecule has 0 bridgehead atoms. The van der Waals surface area contributed by atoms with Gasteiger partial charge in [0.25, 0.3) is 5.56 Å². The third-order valence-corrected chi connectivity index (χ3v) is 3.95. The van der Waals surface area contributed by atoms with Gasteiger partial charge in [0.1, 0.15) is 6.04 Å². The van der Waals surface area contributed by atoms with Gasteiger partial charge < -0.3 is 14.6 Å². The number of aryl methyl sites for hydroxylation is 1. The van der Waals surface area contributed by atoms with Crippen molar-refractivity contribution in [1.29, 1.82) is 0 Å². The predicted molar refractivity (Wildman–Crippen MR) is 93.3 cm³/mol. The molecule has 0 amide bonds. The summed E-state index contributed by atoms with van der Waals surface area (Å²) in [5.74, 6) is -1.24. The second kappa shape index (κ2) is 8.24. The SMILES string of the molecule is CN(C)CCCc1cn(C(CC(C)(C)C)C(=O)O)c(=O)cc1C(F)(F)F. The minimum absolute atomic E-state index is 0.0564. The van der Waals surface area contributed by atoms with Crippen LogP contribution < -0.4 is 5.56 Å². The third kappa shape index (κ3) is 6.48. The lowest BCUT2D eigenvalue weighted by Crippen LogP contribution is -2.33. The molecule has 1 aromatic heterocycles. The third-order valence-electron chi connectivity index (χ3n) is 3.95. The molecule has 1 atom stereocenters. The topological polar surface area (TPSA) is 62.5 Å². The van der Waals surface area contributed by atoms with Crippen molar-refractivity contribution in [2.75, 3.05) is 20.6 Å². The molecule has 5 nitrogen and oxygen atoms in total. The average Bonchev–Trinajstić information content (AvgIpc) is 2.43. The molecule has 1 aromatic rings. The number of rotatable bonds is 7. The lowest BCUT2D eigenvalue weighted by atomic mass is 9.88. The van der Waals surface area contributed by atoms with Gasteiger partial charge in [-0.15, -0.1) is 0 Å². The van der Waals surface area contributed by atoms with E-state index in [0.717, 1.165) is 10.8 Å². The quantitative estimate of drug-likeness (QED) is 0.792. The second-order valence-electron chi connectivity index (χ2n) is 7.98. The first-order valence-electron chi connectivity index (χ1n) is 8.42. The van der Waals surface area contributed by atoms with Crippen molar-refractivity contribution in [1.82, 2.24) is 9.47 Å². The Kier molecular flexibility index (Phi) is 7.04. The van der Waals surface area contributed by atoms with Crippen molar-refractivity contribution < 1.29 is 23.1 Å². The monoisotopic (exact) mass is 376 g/mol. The molecule has 148 valence electrons. The van der Waals surface area contributed by atoms with E-state index in [1.54, 1.807) is 0 Å². The molecule has 0 aliphatic heterocycles. The van der Waals surface area contributed by atoms with E-state index in [9.17, 15) is 27.9 Å². The Hall–Kier alpha value is -1.83. The maximum absolute atomic E-state index is 13.3. The lowest BCUT2D eigenvalue weighted by molar-refractivity contribution is -0.142. The molecule has 1 heterocycles. The van der Waals surface area contributed by atoms with Crippen molar-refractivity contribution in [2.24, 2.45) is 5.41 Å². The number of aromatic nitrogens is 1. The van der Waals surface area contributed by atoms with Crippen LogP contribution in [0.2, 0.25) is 0 Å². The number of pyridine rings is 1. The number of halogens is 3. The van der Waals surface area contributed by atoms with Crippen molar-refractivity contribution in [3.05, 3.63) is 33.7 Å². The van der Waals surface area contributed by atoms with E-state index in [1.807, 2.05) is 39.8 Å². The normalized spacial score (nSPS) is 13.9. The van der Waals surface area contributed by atoms with Gasteiger partial charge >= 0.3 is 12.1 Å². The van der Waals surface area contributed by atoms with Gasteiger partial charge in [-0.25, -0.2) is 4.79 Å². The Morgan fingerprint density at radius 2 is 1.85 bits per heavy atom. The Morgan fingerprint density at radius 3 is 2.27 bits per heavy atom. The van der Waals surface area contributed by atoms with E-state index in [2.05, 4.69) is 0 Å². The number of hydrogen-bond acceptors (Lipinski definition) is 3. The summed E-state index contributed by atoms with van der Waals surface area (Å²) in [6, 6.07) is -0.693. The van der Waals surface area contributed by atoms with Crippen LogP contribution >= 0.6 is 0 Å². The van der Waals surface area contributed by atoms with Gasteiger partial charge in [0.15, 0.2) is 0 Å². The minimum Gasteiger partial charge on any atom is -0.480 e. The van der Waals surface area contributed by atoms with Gasteiger partial charge in [-0.3, -0.25) is 4.79 Å². The molecule has 1 rings (SSSR count). The molecule has 1 N–H and O–H groups in total. The van der Waals surface area contributed by atoms with Gasteiger partial charge in [0.2, 0.25) is 0 Å². The molecule has 0 saturated heterocycles. The van der Waals surface area contributed by atoms with E-state index in [4.69, 9.17) is 0 Å². The highest BCUT2D eigenvalue weighted by atomic mass is 19.4. The molecule has 0 spiro atoms. The number of aliphatic carboxylic acids is 1. The molecule has 0 saturated carbocycles. The molecule has 0 radical (unpaired) electrons. The van der Waals surface area contributed by atoms with E-state index >= 15 is 0 Å². The zero-order valence-electron chi connectivity index (χ0n) is 15.9. The molecule has 26 heavy (non-hydrogen) atoms. The summed E-state index contributed by atoms with van der Waals surface area (Å²) in [6.45, 7) is 6.03. The summed E-state index contributed by atoms with van der Waals surface area (Å²) < 4.78 is 40.8. The van der Waals surface area contributed by atoms with Gasteiger partial charge in [0, 0.05) is 12.3 Å². The fourth-order valence-electron chi connectivity index (χ4n) is 2.77. The van der Waals surface area contributed by atoms with Crippen LogP contribution in [0.3, 0.4) is 0 Å². The Labute approximate surface area is 151 Å². The smallest absolute Gasteiger partial charge is 0.416 e. The summed E-state index contributed by atoms with van der Waals surface area (Å²) >= 11 is 0. The van der Waals surface area contributed by atoms with Crippen LogP contribution in [-0.2, 0) is 17.4 Å². The molecule has 0 aliphatic rings. The maximum atomic E-state index is 13.3. The zero-order chi connectivity index (χ0) is 20.3.